The van der Waals surface area contributed by atoms with Crippen molar-refractivity contribution in [1.29, 1.82) is 0 Å². The Labute approximate surface area is 125 Å². The molecule has 3 rings (SSSR count). The van der Waals surface area contributed by atoms with Crippen molar-refractivity contribution in [2.75, 3.05) is 18.8 Å². The van der Waals surface area contributed by atoms with Crippen molar-refractivity contribution in [2.24, 2.45) is 5.92 Å². The van der Waals surface area contributed by atoms with Gasteiger partial charge in [0.2, 0.25) is 10.0 Å². The number of fused-ring (bicyclic) bond motifs is 1. The molecule has 0 radical (unpaired) electrons. The molecule has 1 aliphatic carbocycles. The fourth-order valence-corrected chi connectivity index (χ4v) is 5.03. The number of nitrogen functional groups attached to an aromatic ring is 1. The molecule has 2 fully saturated rings. The number of sulfonamides is 1. The van der Waals surface area contributed by atoms with E-state index in [9.17, 15) is 13.5 Å². The van der Waals surface area contributed by atoms with Crippen LogP contribution in [0.25, 0.3) is 0 Å². The second kappa shape index (κ2) is 5.26. The Kier molecular flexibility index (Phi) is 3.71. The molecule has 0 spiro atoms. The maximum atomic E-state index is 12.7. The predicted octanol–water partition coefficient (Wildman–Crippen LogP) is 1.58. The number of hydrogen-bond acceptors (Lipinski definition) is 4. The van der Waals surface area contributed by atoms with E-state index in [0.717, 1.165) is 25.7 Å². The lowest BCUT2D eigenvalue weighted by molar-refractivity contribution is -0.0816. The van der Waals surface area contributed by atoms with Gasteiger partial charge in [0, 0.05) is 24.7 Å². The summed E-state index contributed by atoms with van der Waals surface area (Å²) in [4.78, 5) is 0.276. The molecule has 0 aromatic heterocycles. The summed E-state index contributed by atoms with van der Waals surface area (Å²) in [5.41, 5.74) is 5.50. The van der Waals surface area contributed by atoms with Gasteiger partial charge in [0.25, 0.3) is 0 Å². The highest BCUT2D eigenvalue weighted by Gasteiger charge is 2.45. The molecule has 2 aliphatic rings. The minimum Gasteiger partial charge on any atom is -0.399 e. The van der Waals surface area contributed by atoms with Gasteiger partial charge in [0.05, 0.1) is 10.5 Å². The summed E-state index contributed by atoms with van der Waals surface area (Å²) >= 11 is 0. The van der Waals surface area contributed by atoms with E-state index in [4.69, 9.17) is 5.73 Å². The summed E-state index contributed by atoms with van der Waals surface area (Å²) in [5, 5.41) is 10.6. The van der Waals surface area contributed by atoms with Crippen LogP contribution in [-0.4, -0.2) is 36.5 Å². The first-order chi connectivity index (χ1) is 9.92. The standard InChI is InChI=1S/C15H22N2O3S/c16-13-4-6-14(7-5-13)21(19,20)17-10-9-15(18)8-2-1-3-12(15)11-17/h4-7,12,18H,1-3,8-11,16H2. The molecule has 1 saturated carbocycles. The minimum absolute atomic E-state index is 0.0588. The Morgan fingerprint density at radius 1 is 1.19 bits per heavy atom. The van der Waals surface area contributed by atoms with Crippen molar-refractivity contribution in [3.63, 3.8) is 0 Å². The van der Waals surface area contributed by atoms with Crippen molar-refractivity contribution in [2.45, 2.75) is 42.6 Å². The molecule has 21 heavy (non-hydrogen) atoms. The molecule has 1 heterocycles. The molecule has 3 N–H and O–H groups in total. The van der Waals surface area contributed by atoms with Gasteiger partial charge in [-0.05, 0) is 43.5 Å². The maximum absolute atomic E-state index is 12.7. The molecule has 116 valence electrons. The van der Waals surface area contributed by atoms with Gasteiger partial charge in [0.15, 0.2) is 0 Å². The van der Waals surface area contributed by atoms with Crippen molar-refractivity contribution >= 4 is 15.7 Å². The third-order valence-electron chi connectivity index (χ3n) is 4.91. The minimum atomic E-state index is -3.49. The van der Waals surface area contributed by atoms with Crippen LogP contribution in [0.5, 0.6) is 0 Å². The summed E-state index contributed by atoms with van der Waals surface area (Å²) in [6.07, 6.45) is 4.35. The fourth-order valence-electron chi connectivity index (χ4n) is 3.55. The van der Waals surface area contributed by atoms with Gasteiger partial charge in [-0.25, -0.2) is 8.42 Å². The van der Waals surface area contributed by atoms with Gasteiger partial charge in [0.1, 0.15) is 0 Å². The van der Waals surface area contributed by atoms with E-state index in [1.165, 1.54) is 4.31 Å². The number of anilines is 1. The smallest absolute Gasteiger partial charge is 0.243 e. The van der Waals surface area contributed by atoms with Crippen molar-refractivity contribution < 1.29 is 13.5 Å². The van der Waals surface area contributed by atoms with Gasteiger partial charge in [-0.15, -0.1) is 0 Å². The molecule has 2 unspecified atom stereocenters. The quantitative estimate of drug-likeness (QED) is 0.812. The highest BCUT2D eigenvalue weighted by Crippen LogP contribution is 2.41. The van der Waals surface area contributed by atoms with Gasteiger partial charge in [-0.3, -0.25) is 0 Å². The highest BCUT2D eigenvalue weighted by atomic mass is 32.2. The van der Waals surface area contributed by atoms with Gasteiger partial charge in [-0.1, -0.05) is 12.8 Å². The summed E-state index contributed by atoms with van der Waals surface area (Å²) in [5.74, 6) is 0.0588. The number of nitrogens with zero attached hydrogens (tertiary/aromatic N) is 1. The van der Waals surface area contributed by atoms with Crippen LogP contribution >= 0.6 is 0 Å². The molecule has 1 aromatic carbocycles. The molecule has 6 heteroatoms. The van der Waals surface area contributed by atoms with E-state index in [1.807, 2.05) is 0 Å². The van der Waals surface area contributed by atoms with Crippen LogP contribution in [0, 0.1) is 5.92 Å². The average molecular weight is 310 g/mol. The Morgan fingerprint density at radius 3 is 2.62 bits per heavy atom. The van der Waals surface area contributed by atoms with Crippen molar-refractivity contribution in [3.8, 4) is 0 Å². The first-order valence-corrected chi connectivity index (χ1v) is 8.94. The normalized spacial score (nSPS) is 30.8. The summed E-state index contributed by atoms with van der Waals surface area (Å²) in [6.45, 7) is 0.808. The number of piperidine rings is 1. The molecular weight excluding hydrogens is 288 g/mol. The molecule has 1 aliphatic heterocycles. The zero-order chi connectivity index (χ0) is 15.1. The largest absolute Gasteiger partial charge is 0.399 e. The van der Waals surface area contributed by atoms with Crippen LogP contribution in [0.2, 0.25) is 0 Å². The Morgan fingerprint density at radius 2 is 1.90 bits per heavy atom. The summed E-state index contributed by atoms with van der Waals surface area (Å²) in [6, 6.07) is 6.31. The molecule has 1 aromatic rings. The molecule has 2 atom stereocenters. The Hall–Kier alpha value is -1.11. The van der Waals surface area contributed by atoms with Crippen LogP contribution in [-0.2, 0) is 10.0 Å². The van der Waals surface area contributed by atoms with E-state index in [-0.39, 0.29) is 10.8 Å². The lowest BCUT2D eigenvalue weighted by Gasteiger charge is -2.46. The van der Waals surface area contributed by atoms with Crippen LogP contribution < -0.4 is 5.73 Å². The van der Waals surface area contributed by atoms with Gasteiger partial charge in [-0.2, -0.15) is 4.31 Å². The number of nitrogens with two attached hydrogens (primary N) is 1. The second-order valence-electron chi connectivity index (χ2n) is 6.23. The molecule has 1 saturated heterocycles. The first-order valence-electron chi connectivity index (χ1n) is 7.50. The van der Waals surface area contributed by atoms with Crippen molar-refractivity contribution in [3.05, 3.63) is 24.3 Å². The lowest BCUT2D eigenvalue weighted by Crippen LogP contribution is -2.54. The zero-order valence-electron chi connectivity index (χ0n) is 12.0. The third-order valence-corrected chi connectivity index (χ3v) is 6.79. The van der Waals surface area contributed by atoms with Crippen LogP contribution in [0.3, 0.4) is 0 Å². The molecule has 0 bridgehead atoms. The van der Waals surface area contributed by atoms with E-state index < -0.39 is 15.6 Å². The molecule has 5 nitrogen and oxygen atoms in total. The van der Waals surface area contributed by atoms with Crippen LogP contribution in [0.1, 0.15) is 32.1 Å². The van der Waals surface area contributed by atoms with Gasteiger partial charge >= 0.3 is 0 Å². The van der Waals surface area contributed by atoms with E-state index in [0.29, 0.717) is 25.2 Å². The maximum Gasteiger partial charge on any atom is 0.243 e. The number of rotatable bonds is 2. The number of benzene rings is 1. The van der Waals surface area contributed by atoms with Gasteiger partial charge < -0.3 is 10.8 Å². The van der Waals surface area contributed by atoms with E-state index in [2.05, 4.69) is 0 Å². The SMILES string of the molecule is Nc1ccc(S(=O)(=O)N2CCC3(O)CCCCC3C2)cc1. The third kappa shape index (κ3) is 2.67. The Bertz CT molecular complexity index is 614. The predicted molar refractivity (Wildman–Crippen MR) is 81.1 cm³/mol. The molecular formula is C15H22N2O3S. The van der Waals surface area contributed by atoms with E-state index >= 15 is 0 Å². The first kappa shape index (κ1) is 14.8. The summed E-state index contributed by atoms with van der Waals surface area (Å²) in [7, 11) is -3.49. The monoisotopic (exact) mass is 310 g/mol. The highest BCUT2D eigenvalue weighted by molar-refractivity contribution is 7.89. The summed E-state index contributed by atoms with van der Waals surface area (Å²) < 4.78 is 26.9. The topological polar surface area (TPSA) is 83.6 Å². The van der Waals surface area contributed by atoms with Crippen LogP contribution in [0.4, 0.5) is 5.69 Å². The Balaban J connectivity index is 1.82. The average Bonchev–Trinajstić information content (AvgIpc) is 2.46. The van der Waals surface area contributed by atoms with Crippen LogP contribution in [0.15, 0.2) is 29.2 Å². The zero-order valence-corrected chi connectivity index (χ0v) is 12.8. The fraction of sp³-hybridized carbons (Fsp3) is 0.600. The number of aliphatic hydroxyl groups is 1. The lowest BCUT2D eigenvalue weighted by atomic mass is 9.72. The van der Waals surface area contributed by atoms with E-state index in [1.54, 1.807) is 24.3 Å². The molecule has 0 amide bonds. The van der Waals surface area contributed by atoms with Crippen molar-refractivity contribution in [1.82, 2.24) is 4.31 Å². The number of hydrogen-bond donors (Lipinski definition) is 2. The second-order valence-corrected chi connectivity index (χ2v) is 8.17.